The van der Waals surface area contributed by atoms with Gasteiger partial charge in [0.15, 0.2) is 6.10 Å². The SMILES string of the molecule is CCCCC/C=C\C/C=C\CCCCCCCCCCCC(=O)OC(COC(=O)CCCCCCCCCCCCCCCCC)COC(=O)CCCCCCCCCCCCCCCCCCCCCCCCC. The molecule has 0 aromatic rings. The van der Waals surface area contributed by atoms with Gasteiger partial charge < -0.3 is 14.2 Å². The van der Waals surface area contributed by atoms with Gasteiger partial charge in [0, 0.05) is 19.3 Å². The first kappa shape index (κ1) is 72.9. The van der Waals surface area contributed by atoms with Gasteiger partial charge in [0.05, 0.1) is 0 Å². The number of hydrogen-bond donors (Lipinski definition) is 0. The lowest BCUT2D eigenvalue weighted by molar-refractivity contribution is -0.167. The van der Waals surface area contributed by atoms with Gasteiger partial charge in [-0.3, -0.25) is 14.4 Å². The van der Waals surface area contributed by atoms with Gasteiger partial charge in [0.2, 0.25) is 0 Å². The number of carbonyl (C=O) groups excluding carboxylic acids is 3. The number of rotatable bonds is 63. The summed E-state index contributed by atoms with van der Waals surface area (Å²) in [4.78, 5) is 38.4. The summed E-state index contributed by atoms with van der Waals surface area (Å²) in [5.41, 5.74) is 0. The van der Waals surface area contributed by atoms with E-state index < -0.39 is 6.10 Å². The van der Waals surface area contributed by atoms with Crippen molar-refractivity contribution in [3.63, 3.8) is 0 Å². The zero-order valence-electron chi connectivity index (χ0n) is 50.8. The van der Waals surface area contributed by atoms with E-state index in [0.29, 0.717) is 19.3 Å². The van der Waals surface area contributed by atoms with Crippen LogP contribution in [0, 0.1) is 0 Å². The molecule has 0 spiro atoms. The molecule has 75 heavy (non-hydrogen) atoms. The van der Waals surface area contributed by atoms with Crippen LogP contribution in [0.4, 0.5) is 0 Å². The van der Waals surface area contributed by atoms with Gasteiger partial charge in [0.25, 0.3) is 0 Å². The van der Waals surface area contributed by atoms with Crippen molar-refractivity contribution >= 4 is 17.9 Å². The lowest BCUT2D eigenvalue weighted by Crippen LogP contribution is -2.30. The zero-order chi connectivity index (χ0) is 54.3. The van der Waals surface area contributed by atoms with Crippen LogP contribution in [0.2, 0.25) is 0 Å². The van der Waals surface area contributed by atoms with Crippen LogP contribution in [0.15, 0.2) is 24.3 Å². The number of esters is 3. The Morgan fingerprint density at radius 1 is 0.267 bits per heavy atom. The van der Waals surface area contributed by atoms with E-state index in [4.69, 9.17) is 14.2 Å². The minimum atomic E-state index is -0.770. The summed E-state index contributed by atoms with van der Waals surface area (Å²) in [6.07, 6.45) is 77.6. The van der Waals surface area contributed by atoms with Crippen molar-refractivity contribution < 1.29 is 28.6 Å². The minimum absolute atomic E-state index is 0.0665. The third-order valence-corrected chi connectivity index (χ3v) is 15.5. The molecule has 0 aliphatic heterocycles. The summed E-state index contributed by atoms with van der Waals surface area (Å²) < 4.78 is 17.0. The maximum atomic E-state index is 12.9. The maximum Gasteiger partial charge on any atom is 0.306 e. The highest BCUT2D eigenvalue weighted by Crippen LogP contribution is 2.18. The first-order valence-electron chi connectivity index (χ1n) is 33.8. The lowest BCUT2D eigenvalue weighted by atomic mass is 10.0. The second-order valence-corrected chi connectivity index (χ2v) is 23.1. The summed E-state index contributed by atoms with van der Waals surface area (Å²) in [6, 6.07) is 0. The standard InChI is InChI=1S/C69H130O6/c1-4-7-10-13-16-19-22-25-28-30-32-33-34-35-37-38-41-44-47-50-53-56-59-62-68(71)74-65-66(64-73-67(70)61-58-55-52-49-46-43-40-27-24-21-18-15-12-9-6-3)75-69(72)63-60-57-54-51-48-45-42-39-36-31-29-26-23-20-17-14-11-8-5-2/h17,20,26,29,66H,4-16,18-19,21-25,27-28,30-65H2,1-3H3/b20-17-,29-26-. The Bertz CT molecular complexity index is 1210. The van der Waals surface area contributed by atoms with Crippen molar-refractivity contribution in [2.24, 2.45) is 0 Å². The van der Waals surface area contributed by atoms with Gasteiger partial charge in [-0.1, -0.05) is 334 Å². The molecule has 1 atom stereocenters. The smallest absolute Gasteiger partial charge is 0.306 e. The number of hydrogen-bond acceptors (Lipinski definition) is 6. The summed E-state index contributed by atoms with van der Waals surface area (Å²) >= 11 is 0. The van der Waals surface area contributed by atoms with Gasteiger partial charge in [-0.25, -0.2) is 0 Å². The van der Waals surface area contributed by atoms with Crippen molar-refractivity contribution in [2.45, 2.75) is 386 Å². The molecule has 0 rings (SSSR count). The average Bonchev–Trinajstić information content (AvgIpc) is 3.41. The fourth-order valence-electron chi connectivity index (χ4n) is 10.4. The molecule has 0 bridgehead atoms. The molecule has 0 radical (unpaired) electrons. The molecule has 6 heteroatoms. The van der Waals surface area contributed by atoms with Crippen LogP contribution in [0.1, 0.15) is 380 Å². The quantitative estimate of drug-likeness (QED) is 0.0261. The number of unbranched alkanes of at least 4 members (excludes halogenated alkanes) is 48. The van der Waals surface area contributed by atoms with Crippen molar-refractivity contribution in [3.05, 3.63) is 24.3 Å². The Balaban J connectivity index is 4.27. The van der Waals surface area contributed by atoms with E-state index in [1.807, 2.05) is 0 Å². The molecule has 0 amide bonds. The third kappa shape index (κ3) is 62.6. The predicted molar refractivity (Wildman–Crippen MR) is 326 cm³/mol. The molecule has 0 N–H and O–H groups in total. The number of ether oxygens (including phenoxy) is 3. The van der Waals surface area contributed by atoms with Crippen LogP contribution in [-0.2, 0) is 28.6 Å². The van der Waals surface area contributed by atoms with Gasteiger partial charge >= 0.3 is 17.9 Å². The van der Waals surface area contributed by atoms with Gasteiger partial charge in [-0.05, 0) is 51.4 Å². The van der Waals surface area contributed by atoms with Gasteiger partial charge in [0.1, 0.15) is 13.2 Å². The van der Waals surface area contributed by atoms with Gasteiger partial charge in [-0.15, -0.1) is 0 Å². The number of carbonyl (C=O) groups is 3. The van der Waals surface area contributed by atoms with E-state index in [1.165, 1.54) is 276 Å². The molecule has 442 valence electrons. The Morgan fingerprint density at radius 2 is 0.480 bits per heavy atom. The van der Waals surface area contributed by atoms with E-state index in [1.54, 1.807) is 0 Å². The monoisotopic (exact) mass is 1050 g/mol. The topological polar surface area (TPSA) is 78.9 Å². The van der Waals surface area contributed by atoms with Crippen molar-refractivity contribution in [1.82, 2.24) is 0 Å². The zero-order valence-corrected chi connectivity index (χ0v) is 50.8. The van der Waals surface area contributed by atoms with Crippen LogP contribution in [0.5, 0.6) is 0 Å². The molecule has 0 aliphatic rings. The number of allylic oxidation sites excluding steroid dienone is 4. The molecule has 6 nitrogen and oxygen atoms in total. The summed E-state index contributed by atoms with van der Waals surface area (Å²) in [6.45, 7) is 6.69. The molecular formula is C69H130O6. The first-order chi connectivity index (χ1) is 37.0. The molecule has 1 unspecified atom stereocenters. The van der Waals surface area contributed by atoms with E-state index in [2.05, 4.69) is 45.1 Å². The normalized spacial score (nSPS) is 12.1. The largest absolute Gasteiger partial charge is 0.462 e. The summed E-state index contributed by atoms with van der Waals surface area (Å²) in [7, 11) is 0. The third-order valence-electron chi connectivity index (χ3n) is 15.5. The fourth-order valence-corrected chi connectivity index (χ4v) is 10.4. The highest BCUT2D eigenvalue weighted by Gasteiger charge is 2.19. The second-order valence-electron chi connectivity index (χ2n) is 23.1. The Hall–Kier alpha value is -2.11. The summed E-state index contributed by atoms with van der Waals surface area (Å²) in [5.74, 6) is -0.839. The van der Waals surface area contributed by atoms with Crippen LogP contribution in [0.25, 0.3) is 0 Å². The van der Waals surface area contributed by atoms with E-state index >= 15 is 0 Å². The molecule has 0 aromatic heterocycles. The molecular weight excluding hydrogens is 925 g/mol. The molecule has 0 aromatic carbocycles. The first-order valence-corrected chi connectivity index (χ1v) is 33.8. The van der Waals surface area contributed by atoms with E-state index in [9.17, 15) is 14.4 Å². The highest BCUT2D eigenvalue weighted by molar-refractivity contribution is 5.71. The van der Waals surface area contributed by atoms with Crippen LogP contribution >= 0.6 is 0 Å². The maximum absolute atomic E-state index is 12.9. The van der Waals surface area contributed by atoms with E-state index in [-0.39, 0.29) is 31.1 Å². The minimum Gasteiger partial charge on any atom is -0.462 e. The molecule has 0 heterocycles. The van der Waals surface area contributed by atoms with Gasteiger partial charge in [-0.2, -0.15) is 0 Å². The molecule has 0 aliphatic carbocycles. The van der Waals surface area contributed by atoms with Crippen molar-refractivity contribution in [1.29, 1.82) is 0 Å². The van der Waals surface area contributed by atoms with Crippen LogP contribution in [-0.4, -0.2) is 37.2 Å². The fraction of sp³-hybridized carbons (Fsp3) is 0.899. The molecule has 0 saturated carbocycles. The van der Waals surface area contributed by atoms with E-state index in [0.717, 1.165) is 64.2 Å². The predicted octanol–water partition coefficient (Wildman–Crippen LogP) is 23.0. The molecule has 0 fully saturated rings. The van der Waals surface area contributed by atoms with Crippen LogP contribution < -0.4 is 0 Å². The Kier molecular flexibility index (Phi) is 62.6. The second kappa shape index (κ2) is 64.4. The average molecular weight is 1060 g/mol. The van der Waals surface area contributed by atoms with Crippen molar-refractivity contribution in [3.8, 4) is 0 Å². The molecule has 0 saturated heterocycles. The summed E-state index contributed by atoms with van der Waals surface area (Å²) in [5, 5.41) is 0. The Morgan fingerprint density at radius 3 is 0.760 bits per heavy atom. The highest BCUT2D eigenvalue weighted by atomic mass is 16.6. The van der Waals surface area contributed by atoms with Crippen molar-refractivity contribution in [2.75, 3.05) is 13.2 Å². The Labute approximate surface area is 468 Å². The van der Waals surface area contributed by atoms with Crippen LogP contribution in [0.3, 0.4) is 0 Å². The lowest BCUT2D eigenvalue weighted by Gasteiger charge is -2.18.